The van der Waals surface area contributed by atoms with Crippen molar-refractivity contribution in [2.45, 2.75) is 13.8 Å². The van der Waals surface area contributed by atoms with E-state index in [9.17, 15) is 4.79 Å². The Bertz CT molecular complexity index is 389. The van der Waals surface area contributed by atoms with Crippen LogP contribution in [0.5, 0.6) is 0 Å². The van der Waals surface area contributed by atoms with Gasteiger partial charge in [0.2, 0.25) is 5.91 Å². The first-order valence-electron chi connectivity index (χ1n) is 4.76. The average molecular weight is 187 g/mol. The summed E-state index contributed by atoms with van der Waals surface area (Å²) in [4.78, 5) is 11.3. The lowest BCUT2D eigenvalue weighted by Gasteiger charge is -2.03. The maximum Gasteiger partial charge on any atom is 0.231 e. The van der Waals surface area contributed by atoms with Crippen LogP contribution in [0.25, 0.3) is 5.70 Å². The smallest absolute Gasteiger partial charge is 0.231 e. The first kappa shape index (κ1) is 9.00. The molecule has 0 saturated heterocycles. The summed E-state index contributed by atoms with van der Waals surface area (Å²) in [5.74, 6) is 0.0758. The molecule has 1 N–H and O–H groups in total. The Labute approximate surface area is 83.6 Å². The van der Waals surface area contributed by atoms with Gasteiger partial charge in [0.25, 0.3) is 0 Å². The second-order valence-corrected chi connectivity index (χ2v) is 3.72. The third-order valence-electron chi connectivity index (χ3n) is 2.45. The molecule has 1 amide bonds. The van der Waals surface area contributed by atoms with Crippen LogP contribution in [0.1, 0.15) is 18.1 Å². The van der Waals surface area contributed by atoms with Gasteiger partial charge in [-0.1, -0.05) is 29.8 Å². The molecule has 0 spiro atoms. The van der Waals surface area contributed by atoms with E-state index in [-0.39, 0.29) is 11.8 Å². The van der Waals surface area contributed by atoms with Crippen LogP contribution in [0.4, 0.5) is 0 Å². The first-order valence-corrected chi connectivity index (χ1v) is 4.76. The number of amides is 1. The van der Waals surface area contributed by atoms with Gasteiger partial charge in [0, 0.05) is 5.70 Å². The van der Waals surface area contributed by atoms with Crippen molar-refractivity contribution >= 4 is 11.6 Å². The predicted molar refractivity (Wildman–Crippen MR) is 56.5 cm³/mol. The number of hydrogen-bond acceptors (Lipinski definition) is 1. The van der Waals surface area contributed by atoms with Crippen molar-refractivity contribution in [2.75, 3.05) is 0 Å². The minimum Gasteiger partial charge on any atom is -0.325 e. The van der Waals surface area contributed by atoms with Gasteiger partial charge in [0.05, 0.1) is 5.92 Å². The fourth-order valence-corrected chi connectivity index (χ4v) is 1.52. The fraction of sp³-hybridized carbons (Fsp3) is 0.250. The highest BCUT2D eigenvalue weighted by Gasteiger charge is 2.20. The summed E-state index contributed by atoms with van der Waals surface area (Å²) in [6, 6.07) is 8.15. The molecule has 0 saturated carbocycles. The Balaban J connectivity index is 2.29. The molecule has 2 heteroatoms. The standard InChI is InChI=1S/C12H13NO/c1-8-3-5-10(6-4-8)11-7-9(2)12(14)13-11/h3-7,9H,1-2H3,(H,13,14). The van der Waals surface area contributed by atoms with Crippen LogP contribution in [0.2, 0.25) is 0 Å². The largest absolute Gasteiger partial charge is 0.325 e. The molecule has 2 nitrogen and oxygen atoms in total. The monoisotopic (exact) mass is 187 g/mol. The normalized spacial score (nSPS) is 20.6. The van der Waals surface area contributed by atoms with Crippen molar-refractivity contribution in [2.24, 2.45) is 5.92 Å². The summed E-state index contributed by atoms with van der Waals surface area (Å²) >= 11 is 0. The van der Waals surface area contributed by atoms with Crippen LogP contribution < -0.4 is 5.32 Å². The molecule has 72 valence electrons. The molecule has 1 aromatic carbocycles. The maximum absolute atomic E-state index is 11.3. The minimum atomic E-state index is -0.00805. The van der Waals surface area contributed by atoms with Gasteiger partial charge in [-0.25, -0.2) is 0 Å². The molecule has 0 aromatic heterocycles. The Morgan fingerprint density at radius 2 is 1.86 bits per heavy atom. The highest BCUT2D eigenvalue weighted by molar-refractivity contribution is 5.95. The van der Waals surface area contributed by atoms with E-state index in [2.05, 4.69) is 5.32 Å². The lowest BCUT2D eigenvalue weighted by Crippen LogP contribution is -2.18. The predicted octanol–water partition coefficient (Wildman–Crippen LogP) is 2.10. The summed E-state index contributed by atoms with van der Waals surface area (Å²) in [5, 5.41) is 2.86. The van der Waals surface area contributed by atoms with Crippen LogP contribution in [0.3, 0.4) is 0 Å². The Morgan fingerprint density at radius 3 is 2.36 bits per heavy atom. The van der Waals surface area contributed by atoms with Crippen molar-refractivity contribution in [3.63, 3.8) is 0 Å². The van der Waals surface area contributed by atoms with Crippen molar-refractivity contribution in [1.29, 1.82) is 0 Å². The van der Waals surface area contributed by atoms with Crippen molar-refractivity contribution in [3.05, 3.63) is 41.5 Å². The SMILES string of the molecule is Cc1ccc(C2=CC(C)C(=O)N2)cc1. The van der Waals surface area contributed by atoms with E-state index in [1.807, 2.05) is 44.2 Å². The zero-order valence-electron chi connectivity index (χ0n) is 8.37. The second kappa shape index (κ2) is 3.29. The van der Waals surface area contributed by atoms with E-state index in [0.29, 0.717) is 0 Å². The summed E-state index contributed by atoms with van der Waals surface area (Å²) in [5.41, 5.74) is 3.24. The van der Waals surface area contributed by atoms with E-state index in [4.69, 9.17) is 0 Å². The van der Waals surface area contributed by atoms with E-state index in [0.717, 1.165) is 11.3 Å². The Morgan fingerprint density at radius 1 is 1.21 bits per heavy atom. The number of carbonyl (C=O) groups excluding carboxylic acids is 1. The van der Waals surface area contributed by atoms with Crippen LogP contribution in [-0.4, -0.2) is 5.91 Å². The molecular formula is C12H13NO. The molecule has 1 aliphatic heterocycles. The van der Waals surface area contributed by atoms with E-state index >= 15 is 0 Å². The second-order valence-electron chi connectivity index (χ2n) is 3.72. The molecule has 14 heavy (non-hydrogen) atoms. The summed E-state index contributed by atoms with van der Waals surface area (Å²) in [6.07, 6.45) is 1.97. The average Bonchev–Trinajstić information content (AvgIpc) is 2.48. The molecule has 1 atom stereocenters. The fourth-order valence-electron chi connectivity index (χ4n) is 1.52. The summed E-state index contributed by atoms with van der Waals surface area (Å²) in [6.45, 7) is 3.95. The van der Waals surface area contributed by atoms with Crippen molar-refractivity contribution in [1.82, 2.24) is 5.32 Å². The molecule has 0 fully saturated rings. The quantitative estimate of drug-likeness (QED) is 0.716. The van der Waals surface area contributed by atoms with Gasteiger partial charge in [-0.15, -0.1) is 0 Å². The lowest BCUT2D eigenvalue weighted by atomic mass is 10.1. The number of carbonyl (C=O) groups is 1. The van der Waals surface area contributed by atoms with Gasteiger partial charge >= 0.3 is 0 Å². The minimum absolute atomic E-state index is 0.00805. The highest BCUT2D eigenvalue weighted by atomic mass is 16.2. The van der Waals surface area contributed by atoms with Crippen LogP contribution in [-0.2, 0) is 4.79 Å². The van der Waals surface area contributed by atoms with Gasteiger partial charge < -0.3 is 5.32 Å². The number of rotatable bonds is 1. The number of hydrogen-bond donors (Lipinski definition) is 1. The van der Waals surface area contributed by atoms with Gasteiger partial charge in [0.15, 0.2) is 0 Å². The Kier molecular flexibility index (Phi) is 2.12. The summed E-state index contributed by atoms with van der Waals surface area (Å²) < 4.78 is 0. The van der Waals surface area contributed by atoms with Gasteiger partial charge in [-0.2, -0.15) is 0 Å². The number of nitrogens with one attached hydrogen (secondary N) is 1. The third kappa shape index (κ3) is 1.55. The van der Waals surface area contributed by atoms with Crippen molar-refractivity contribution in [3.8, 4) is 0 Å². The van der Waals surface area contributed by atoms with Crippen LogP contribution in [0.15, 0.2) is 30.3 Å². The highest BCUT2D eigenvalue weighted by Crippen LogP contribution is 2.20. The topological polar surface area (TPSA) is 29.1 Å². The zero-order chi connectivity index (χ0) is 10.1. The zero-order valence-corrected chi connectivity index (χ0v) is 8.37. The molecule has 1 unspecified atom stereocenters. The van der Waals surface area contributed by atoms with Gasteiger partial charge in [0.1, 0.15) is 0 Å². The lowest BCUT2D eigenvalue weighted by molar-refractivity contribution is -0.121. The van der Waals surface area contributed by atoms with E-state index < -0.39 is 0 Å². The maximum atomic E-state index is 11.3. The van der Waals surface area contributed by atoms with E-state index in [1.165, 1.54) is 5.56 Å². The van der Waals surface area contributed by atoms with Crippen LogP contribution in [0, 0.1) is 12.8 Å². The first-order chi connectivity index (χ1) is 6.66. The van der Waals surface area contributed by atoms with Crippen LogP contribution >= 0.6 is 0 Å². The molecule has 0 radical (unpaired) electrons. The van der Waals surface area contributed by atoms with Crippen molar-refractivity contribution < 1.29 is 4.79 Å². The molecule has 0 aliphatic carbocycles. The number of aryl methyl sites for hydroxylation is 1. The van der Waals surface area contributed by atoms with Gasteiger partial charge in [-0.3, -0.25) is 4.79 Å². The molecule has 1 aromatic rings. The molecule has 2 rings (SSSR count). The molecular weight excluding hydrogens is 174 g/mol. The summed E-state index contributed by atoms with van der Waals surface area (Å²) in [7, 11) is 0. The molecule has 1 heterocycles. The molecule has 1 aliphatic rings. The third-order valence-corrected chi connectivity index (χ3v) is 2.45. The molecule has 0 bridgehead atoms. The van der Waals surface area contributed by atoms with E-state index in [1.54, 1.807) is 0 Å². The van der Waals surface area contributed by atoms with Gasteiger partial charge in [-0.05, 0) is 25.5 Å². The number of benzene rings is 1. The Hall–Kier alpha value is -1.57.